The van der Waals surface area contributed by atoms with Gasteiger partial charge in [-0.3, -0.25) is 0 Å². The van der Waals surface area contributed by atoms with Gasteiger partial charge in [-0.1, -0.05) is 30.4 Å². The van der Waals surface area contributed by atoms with Crippen LogP contribution in [0.15, 0.2) is 36.0 Å². The molecule has 0 unspecified atom stereocenters. The molecule has 4 N–H and O–H groups in total. The highest BCUT2D eigenvalue weighted by atomic mass is 14.5. The summed E-state index contributed by atoms with van der Waals surface area (Å²) in [6.45, 7) is 6.81. The Labute approximate surface area is 68.3 Å². The lowest BCUT2D eigenvalue weighted by atomic mass is 10.2. The fourth-order valence-corrected chi connectivity index (χ4v) is 0.485. The second-order valence-electron chi connectivity index (χ2n) is 2.44. The molecule has 0 rings (SSSR count). The molecule has 0 aliphatic rings. The first kappa shape index (κ1) is 10.1. The van der Waals surface area contributed by atoms with Crippen molar-refractivity contribution in [2.75, 3.05) is 13.1 Å². The highest BCUT2D eigenvalue weighted by molar-refractivity contribution is 5.22. The van der Waals surface area contributed by atoms with Gasteiger partial charge in [0, 0.05) is 13.1 Å². The minimum atomic E-state index is 0.506. The fourth-order valence-electron chi connectivity index (χ4n) is 0.485. The average molecular weight is 152 g/mol. The Morgan fingerprint density at radius 1 is 1.36 bits per heavy atom. The van der Waals surface area contributed by atoms with Gasteiger partial charge in [-0.2, -0.15) is 0 Å². The van der Waals surface area contributed by atoms with Gasteiger partial charge in [0.05, 0.1) is 0 Å². The van der Waals surface area contributed by atoms with Gasteiger partial charge in [-0.25, -0.2) is 0 Å². The lowest BCUT2D eigenvalue weighted by Crippen LogP contribution is -1.99. The van der Waals surface area contributed by atoms with Gasteiger partial charge in [0.1, 0.15) is 0 Å². The average Bonchev–Trinajstić information content (AvgIpc) is 2.04. The Bertz CT molecular complexity index is 178. The van der Waals surface area contributed by atoms with E-state index in [1.165, 1.54) is 0 Å². The molecule has 0 aliphatic heterocycles. The standard InChI is InChI=1S/C9H16N2/c1-8(6-10)4-3-5-9(2)7-11/h3-5H,1,6-7,10-11H2,2H3/b4-3-,9-5+. The first-order chi connectivity index (χ1) is 5.20. The molecule has 62 valence electrons. The van der Waals surface area contributed by atoms with Crippen LogP contribution in [0.25, 0.3) is 0 Å². The number of allylic oxidation sites excluding steroid dienone is 2. The fraction of sp³-hybridized carbons (Fsp3) is 0.333. The topological polar surface area (TPSA) is 52.0 Å². The molecule has 11 heavy (non-hydrogen) atoms. The number of hydrogen-bond acceptors (Lipinski definition) is 2. The molecule has 0 radical (unpaired) electrons. The summed E-state index contributed by atoms with van der Waals surface area (Å²) in [7, 11) is 0. The van der Waals surface area contributed by atoms with Crippen LogP contribution in [0, 0.1) is 0 Å². The van der Waals surface area contributed by atoms with Gasteiger partial charge in [0.2, 0.25) is 0 Å². The maximum absolute atomic E-state index is 5.37. The Morgan fingerprint density at radius 3 is 2.45 bits per heavy atom. The summed E-state index contributed by atoms with van der Waals surface area (Å²) in [5.41, 5.74) is 12.8. The molecule has 0 atom stereocenters. The summed E-state index contributed by atoms with van der Waals surface area (Å²) in [6.07, 6.45) is 5.76. The molecule has 0 heterocycles. The molecule has 0 aromatic carbocycles. The van der Waals surface area contributed by atoms with Crippen molar-refractivity contribution < 1.29 is 0 Å². The van der Waals surface area contributed by atoms with E-state index in [1.807, 2.05) is 25.2 Å². The van der Waals surface area contributed by atoms with E-state index < -0.39 is 0 Å². The van der Waals surface area contributed by atoms with E-state index in [0.29, 0.717) is 13.1 Å². The predicted molar refractivity (Wildman–Crippen MR) is 50.1 cm³/mol. The van der Waals surface area contributed by atoms with Gasteiger partial charge >= 0.3 is 0 Å². The van der Waals surface area contributed by atoms with E-state index in [2.05, 4.69) is 6.58 Å². The Morgan fingerprint density at radius 2 is 2.00 bits per heavy atom. The Kier molecular flexibility index (Phi) is 5.43. The van der Waals surface area contributed by atoms with Crippen molar-refractivity contribution in [3.63, 3.8) is 0 Å². The van der Waals surface area contributed by atoms with Crippen molar-refractivity contribution in [2.45, 2.75) is 6.92 Å². The number of rotatable bonds is 4. The molecule has 0 saturated heterocycles. The van der Waals surface area contributed by atoms with Crippen LogP contribution in [0.4, 0.5) is 0 Å². The lowest BCUT2D eigenvalue weighted by Gasteiger charge is -1.91. The van der Waals surface area contributed by atoms with E-state index in [0.717, 1.165) is 11.1 Å². The normalized spacial score (nSPS) is 12.5. The zero-order valence-electron chi connectivity index (χ0n) is 7.01. The zero-order chi connectivity index (χ0) is 8.69. The largest absolute Gasteiger partial charge is 0.327 e. The molecule has 0 spiro atoms. The van der Waals surface area contributed by atoms with Crippen molar-refractivity contribution >= 4 is 0 Å². The summed E-state index contributed by atoms with van der Waals surface area (Å²) in [6, 6.07) is 0. The minimum absolute atomic E-state index is 0.506. The molecule has 0 aromatic heterocycles. The quantitative estimate of drug-likeness (QED) is 0.589. The molecule has 0 fully saturated rings. The second kappa shape index (κ2) is 5.89. The monoisotopic (exact) mass is 152 g/mol. The molecule has 0 aliphatic carbocycles. The SMILES string of the molecule is C=C(/C=C\C=C(/C)CN)CN. The third-order valence-corrected chi connectivity index (χ3v) is 1.30. The van der Waals surface area contributed by atoms with Crippen molar-refractivity contribution in [3.8, 4) is 0 Å². The van der Waals surface area contributed by atoms with Crippen LogP contribution >= 0.6 is 0 Å². The van der Waals surface area contributed by atoms with Gasteiger partial charge in [-0.15, -0.1) is 0 Å². The van der Waals surface area contributed by atoms with Crippen LogP contribution in [-0.4, -0.2) is 13.1 Å². The molecule has 0 aromatic rings. The highest BCUT2D eigenvalue weighted by Gasteiger charge is 1.80. The van der Waals surface area contributed by atoms with Crippen molar-refractivity contribution in [3.05, 3.63) is 36.0 Å². The summed E-state index contributed by atoms with van der Waals surface area (Å²) in [5.74, 6) is 0. The Hall–Kier alpha value is -0.860. The van der Waals surface area contributed by atoms with Crippen LogP contribution in [0.3, 0.4) is 0 Å². The van der Waals surface area contributed by atoms with E-state index in [1.54, 1.807) is 0 Å². The van der Waals surface area contributed by atoms with Crippen molar-refractivity contribution in [1.82, 2.24) is 0 Å². The van der Waals surface area contributed by atoms with Crippen LogP contribution < -0.4 is 11.5 Å². The van der Waals surface area contributed by atoms with Gasteiger partial charge in [0.25, 0.3) is 0 Å². The predicted octanol–water partition coefficient (Wildman–Crippen LogP) is 0.963. The van der Waals surface area contributed by atoms with Crippen LogP contribution in [0.1, 0.15) is 6.92 Å². The minimum Gasteiger partial charge on any atom is -0.327 e. The summed E-state index contributed by atoms with van der Waals surface area (Å²) < 4.78 is 0. The Balaban J connectivity index is 3.85. The highest BCUT2D eigenvalue weighted by Crippen LogP contribution is 1.92. The lowest BCUT2D eigenvalue weighted by molar-refractivity contribution is 1.14. The molecular formula is C9H16N2. The van der Waals surface area contributed by atoms with E-state index in [-0.39, 0.29) is 0 Å². The molecule has 2 heteroatoms. The summed E-state index contributed by atoms with van der Waals surface area (Å²) in [4.78, 5) is 0. The molecule has 0 bridgehead atoms. The molecule has 0 saturated carbocycles. The third kappa shape index (κ3) is 5.58. The third-order valence-electron chi connectivity index (χ3n) is 1.30. The van der Waals surface area contributed by atoms with Crippen LogP contribution in [0.5, 0.6) is 0 Å². The number of hydrogen-bond donors (Lipinski definition) is 2. The summed E-state index contributed by atoms with van der Waals surface area (Å²) in [5, 5.41) is 0. The van der Waals surface area contributed by atoms with E-state index in [4.69, 9.17) is 11.5 Å². The first-order valence-electron chi connectivity index (χ1n) is 3.62. The van der Waals surface area contributed by atoms with Gasteiger partial charge in [0.15, 0.2) is 0 Å². The van der Waals surface area contributed by atoms with Crippen molar-refractivity contribution in [2.24, 2.45) is 11.5 Å². The van der Waals surface area contributed by atoms with E-state index >= 15 is 0 Å². The molecular weight excluding hydrogens is 136 g/mol. The molecule has 2 nitrogen and oxygen atoms in total. The maximum atomic E-state index is 5.37. The smallest absolute Gasteiger partial charge is 0.0172 e. The number of nitrogens with two attached hydrogens (primary N) is 2. The van der Waals surface area contributed by atoms with E-state index in [9.17, 15) is 0 Å². The second-order valence-corrected chi connectivity index (χ2v) is 2.44. The van der Waals surface area contributed by atoms with Crippen LogP contribution in [0.2, 0.25) is 0 Å². The van der Waals surface area contributed by atoms with Crippen LogP contribution in [-0.2, 0) is 0 Å². The first-order valence-corrected chi connectivity index (χ1v) is 3.62. The summed E-state index contributed by atoms with van der Waals surface area (Å²) >= 11 is 0. The van der Waals surface area contributed by atoms with Gasteiger partial charge in [-0.05, 0) is 12.5 Å². The molecule has 0 amide bonds. The zero-order valence-corrected chi connectivity index (χ0v) is 7.01. The van der Waals surface area contributed by atoms with Crippen molar-refractivity contribution in [1.29, 1.82) is 0 Å². The maximum Gasteiger partial charge on any atom is 0.0172 e. The van der Waals surface area contributed by atoms with Gasteiger partial charge < -0.3 is 11.5 Å².